The molecule has 0 rings (SSSR count). The van der Waals surface area contributed by atoms with E-state index in [4.69, 9.17) is 0 Å². The standard InChI is InChI=1S/C14H26OS/c1-5-6-12-16-14(4,10-11-15)9-7-8-13(2)3/h8,11H,5-7,9-10,12H2,1-4H3. The molecule has 0 amide bonds. The first-order valence-corrected chi connectivity index (χ1v) is 7.23. The Bertz CT molecular complexity index is 219. The Hall–Kier alpha value is -0.240. The van der Waals surface area contributed by atoms with E-state index >= 15 is 0 Å². The average Bonchev–Trinajstić information content (AvgIpc) is 2.18. The second kappa shape index (κ2) is 8.86. The third kappa shape index (κ3) is 7.98. The molecule has 0 aromatic heterocycles. The third-order valence-electron chi connectivity index (χ3n) is 2.69. The van der Waals surface area contributed by atoms with Crippen LogP contribution in [0.15, 0.2) is 11.6 Å². The van der Waals surface area contributed by atoms with Crippen LogP contribution >= 0.6 is 11.8 Å². The number of allylic oxidation sites excluding steroid dienone is 2. The van der Waals surface area contributed by atoms with E-state index in [9.17, 15) is 4.79 Å². The maximum absolute atomic E-state index is 10.7. The van der Waals surface area contributed by atoms with Crippen molar-refractivity contribution in [2.24, 2.45) is 0 Å². The number of carbonyl (C=O) groups is 1. The molecule has 0 radical (unpaired) electrons. The Morgan fingerprint density at radius 2 is 2.06 bits per heavy atom. The van der Waals surface area contributed by atoms with E-state index in [1.165, 1.54) is 24.2 Å². The number of unbranched alkanes of at least 4 members (excludes halogenated alkanes) is 1. The lowest BCUT2D eigenvalue weighted by molar-refractivity contribution is -0.108. The number of thioether (sulfide) groups is 1. The summed E-state index contributed by atoms with van der Waals surface area (Å²) in [6.45, 7) is 8.68. The second-order valence-electron chi connectivity index (χ2n) is 4.84. The molecule has 0 saturated carbocycles. The number of hydrogen-bond acceptors (Lipinski definition) is 2. The van der Waals surface area contributed by atoms with E-state index < -0.39 is 0 Å². The summed E-state index contributed by atoms with van der Waals surface area (Å²) >= 11 is 1.96. The minimum Gasteiger partial charge on any atom is -0.303 e. The third-order valence-corrected chi connectivity index (χ3v) is 4.25. The highest BCUT2D eigenvalue weighted by Crippen LogP contribution is 2.33. The van der Waals surface area contributed by atoms with Crippen molar-refractivity contribution in [3.8, 4) is 0 Å². The highest BCUT2D eigenvalue weighted by Gasteiger charge is 2.23. The van der Waals surface area contributed by atoms with E-state index in [1.807, 2.05) is 11.8 Å². The number of rotatable bonds is 9. The van der Waals surface area contributed by atoms with Crippen molar-refractivity contribution >= 4 is 18.0 Å². The molecule has 0 heterocycles. The molecule has 16 heavy (non-hydrogen) atoms. The van der Waals surface area contributed by atoms with Crippen LogP contribution in [-0.2, 0) is 4.79 Å². The van der Waals surface area contributed by atoms with Gasteiger partial charge in [0.2, 0.25) is 0 Å². The van der Waals surface area contributed by atoms with Crippen molar-refractivity contribution in [3.05, 3.63) is 11.6 Å². The van der Waals surface area contributed by atoms with Gasteiger partial charge in [-0.25, -0.2) is 0 Å². The van der Waals surface area contributed by atoms with Crippen LogP contribution in [-0.4, -0.2) is 16.8 Å². The van der Waals surface area contributed by atoms with Crippen LogP contribution in [0, 0.1) is 0 Å². The van der Waals surface area contributed by atoms with Crippen molar-refractivity contribution in [2.75, 3.05) is 5.75 Å². The Morgan fingerprint density at radius 1 is 1.38 bits per heavy atom. The fourth-order valence-electron chi connectivity index (χ4n) is 1.54. The monoisotopic (exact) mass is 242 g/mol. The van der Waals surface area contributed by atoms with Gasteiger partial charge in [0, 0.05) is 11.2 Å². The normalized spacial score (nSPS) is 14.2. The van der Waals surface area contributed by atoms with Gasteiger partial charge in [0.25, 0.3) is 0 Å². The molecule has 1 nitrogen and oxygen atoms in total. The van der Waals surface area contributed by atoms with E-state index in [2.05, 4.69) is 33.8 Å². The largest absolute Gasteiger partial charge is 0.303 e. The molecule has 2 heteroatoms. The predicted molar refractivity (Wildman–Crippen MR) is 75.1 cm³/mol. The van der Waals surface area contributed by atoms with Gasteiger partial charge in [0.05, 0.1) is 0 Å². The lowest BCUT2D eigenvalue weighted by Crippen LogP contribution is -2.21. The summed E-state index contributed by atoms with van der Waals surface area (Å²) in [4.78, 5) is 10.7. The Morgan fingerprint density at radius 3 is 2.56 bits per heavy atom. The van der Waals surface area contributed by atoms with Gasteiger partial charge in [-0.1, -0.05) is 31.9 Å². The summed E-state index contributed by atoms with van der Waals surface area (Å²) in [5.41, 5.74) is 1.37. The fraction of sp³-hybridized carbons (Fsp3) is 0.786. The molecular formula is C14H26OS. The zero-order chi connectivity index (χ0) is 12.4. The quantitative estimate of drug-likeness (QED) is 0.333. The van der Waals surface area contributed by atoms with Gasteiger partial charge in [-0.2, -0.15) is 11.8 Å². The summed E-state index contributed by atoms with van der Waals surface area (Å²) < 4.78 is 0.142. The molecule has 0 aromatic rings. The molecule has 0 bridgehead atoms. The van der Waals surface area contributed by atoms with Gasteiger partial charge >= 0.3 is 0 Å². The minimum absolute atomic E-state index is 0.142. The van der Waals surface area contributed by atoms with E-state index in [0.29, 0.717) is 6.42 Å². The highest BCUT2D eigenvalue weighted by atomic mass is 32.2. The van der Waals surface area contributed by atoms with Crippen LogP contribution in [0.5, 0.6) is 0 Å². The smallest absolute Gasteiger partial charge is 0.121 e. The van der Waals surface area contributed by atoms with Gasteiger partial charge in [0.1, 0.15) is 6.29 Å². The number of aldehydes is 1. The van der Waals surface area contributed by atoms with E-state index in [-0.39, 0.29) is 4.75 Å². The van der Waals surface area contributed by atoms with Crippen LogP contribution < -0.4 is 0 Å². The van der Waals surface area contributed by atoms with E-state index in [0.717, 1.165) is 19.1 Å². The van der Waals surface area contributed by atoms with Crippen molar-refractivity contribution in [1.29, 1.82) is 0 Å². The topological polar surface area (TPSA) is 17.1 Å². The molecule has 0 N–H and O–H groups in total. The van der Waals surface area contributed by atoms with Gasteiger partial charge in [-0.05, 0) is 38.9 Å². The zero-order valence-corrected chi connectivity index (χ0v) is 12.0. The molecule has 94 valence electrons. The molecule has 1 atom stereocenters. The number of carbonyl (C=O) groups excluding carboxylic acids is 1. The molecule has 1 unspecified atom stereocenters. The maximum Gasteiger partial charge on any atom is 0.121 e. The van der Waals surface area contributed by atoms with Crippen molar-refractivity contribution in [2.45, 2.75) is 64.5 Å². The summed E-state index contributed by atoms with van der Waals surface area (Å²) in [5.74, 6) is 1.18. The average molecular weight is 242 g/mol. The fourth-order valence-corrected chi connectivity index (χ4v) is 2.91. The molecule has 0 aliphatic rings. The molecule has 0 aromatic carbocycles. The van der Waals surface area contributed by atoms with Gasteiger partial charge in [-0.15, -0.1) is 0 Å². The summed E-state index contributed by atoms with van der Waals surface area (Å²) in [6.07, 6.45) is 8.69. The molecule has 0 spiro atoms. The van der Waals surface area contributed by atoms with Gasteiger partial charge < -0.3 is 4.79 Å². The molecule has 0 aliphatic heterocycles. The first-order valence-electron chi connectivity index (χ1n) is 6.25. The van der Waals surface area contributed by atoms with Crippen molar-refractivity contribution < 1.29 is 4.79 Å². The second-order valence-corrected chi connectivity index (χ2v) is 6.53. The first-order chi connectivity index (χ1) is 7.54. The summed E-state index contributed by atoms with van der Waals surface area (Å²) in [7, 11) is 0. The summed E-state index contributed by atoms with van der Waals surface area (Å²) in [6, 6.07) is 0. The van der Waals surface area contributed by atoms with Gasteiger partial charge in [-0.3, -0.25) is 0 Å². The lowest BCUT2D eigenvalue weighted by Gasteiger charge is -2.26. The van der Waals surface area contributed by atoms with Crippen LogP contribution in [0.3, 0.4) is 0 Å². The van der Waals surface area contributed by atoms with Crippen molar-refractivity contribution in [1.82, 2.24) is 0 Å². The predicted octanol–water partition coefficient (Wildman–Crippen LogP) is 4.61. The first kappa shape index (κ1) is 15.8. The number of hydrogen-bond donors (Lipinski definition) is 0. The van der Waals surface area contributed by atoms with Crippen LogP contribution in [0.25, 0.3) is 0 Å². The molecule has 0 aliphatic carbocycles. The maximum atomic E-state index is 10.7. The van der Waals surface area contributed by atoms with Crippen LogP contribution in [0.4, 0.5) is 0 Å². The molecule has 0 fully saturated rings. The summed E-state index contributed by atoms with van der Waals surface area (Å²) in [5, 5.41) is 0. The van der Waals surface area contributed by atoms with Crippen LogP contribution in [0.2, 0.25) is 0 Å². The Balaban J connectivity index is 4.09. The lowest BCUT2D eigenvalue weighted by atomic mass is 10.0. The Labute approximate surface area is 105 Å². The van der Waals surface area contributed by atoms with Crippen molar-refractivity contribution in [3.63, 3.8) is 0 Å². The molecular weight excluding hydrogens is 216 g/mol. The minimum atomic E-state index is 0.142. The Kier molecular flexibility index (Phi) is 8.73. The highest BCUT2D eigenvalue weighted by molar-refractivity contribution is 8.00. The zero-order valence-electron chi connectivity index (χ0n) is 11.2. The SMILES string of the molecule is CCCCSC(C)(CC=O)CCC=C(C)C. The van der Waals surface area contributed by atoms with Gasteiger partial charge in [0.15, 0.2) is 0 Å². The van der Waals surface area contributed by atoms with Crippen LogP contribution in [0.1, 0.15) is 59.8 Å². The van der Waals surface area contributed by atoms with E-state index in [1.54, 1.807) is 0 Å². The molecule has 0 saturated heterocycles.